The minimum atomic E-state index is -3.74. The van der Waals surface area contributed by atoms with Crippen LogP contribution in [0.15, 0.2) is 40.3 Å². The van der Waals surface area contributed by atoms with Gasteiger partial charge in [-0.05, 0) is 55.7 Å². The monoisotopic (exact) mass is 362 g/mol. The number of hydrazone groups is 1. The average molecular weight is 362 g/mol. The Morgan fingerprint density at radius 2 is 1.56 bits per heavy atom. The van der Waals surface area contributed by atoms with Crippen LogP contribution in [0.25, 0.3) is 0 Å². The number of nitrogens with one attached hydrogen (secondary N) is 1. The highest BCUT2D eigenvalue weighted by atomic mass is 32.2. The lowest BCUT2D eigenvalue weighted by molar-refractivity contribution is 0.355. The molecule has 6 nitrogen and oxygen atoms in total. The van der Waals surface area contributed by atoms with Crippen molar-refractivity contribution in [2.24, 2.45) is 5.10 Å². The fourth-order valence-corrected chi connectivity index (χ4v) is 3.99. The topological polar surface area (TPSA) is 77.0 Å². The molecule has 0 amide bonds. The first-order valence-corrected chi connectivity index (χ1v) is 9.11. The molecule has 0 unspecified atom stereocenters. The van der Waals surface area contributed by atoms with Crippen LogP contribution >= 0.6 is 0 Å². The number of benzene rings is 2. The summed E-state index contributed by atoms with van der Waals surface area (Å²) < 4.78 is 35.4. The van der Waals surface area contributed by atoms with Gasteiger partial charge in [-0.15, -0.1) is 0 Å². The van der Waals surface area contributed by atoms with Gasteiger partial charge in [0.05, 0.1) is 25.3 Å². The second-order valence-corrected chi connectivity index (χ2v) is 7.29. The first-order valence-electron chi connectivity index (χ1n) is 7.63. The molecule has 134 valence electrons. The quantitative estimate of drug-likeness (QED) is 0.633. The molecule has 2 aromatic rings. The summed E-state index contributed by atoms with van der Waals surface area (Å²) in [5.41, 5.74) is 3.07. The van der Waals surface area contributed by atoms with E-state index in [-0.39, 0.29) is 4.90 Å². The lowest BCUT2D eigenvalue weighted by Gasteiger charge is -2.11. The zero-order valence-electron chi connectivity index (χ0n) is 15.0. The van der Waals surface area contributed by atoms with Gasteiger partial charge in [0, 0.05) is 0 Å². The van der Waals surface area contributed by atoms with E-state index in [1.165, 1.54) is 13.3 Å². The van der Waals surface area contributed by atoms with Crippen LogP contribution in [0.5, 0.6) is 11.5 Å². The highest BCUT2D eigenvalue weighted by Crippen LogP contribution is 2.27. The second kappa shape index (κ2) is 7.57. The second-order valence-electron chi connectivity index (χ2n) is 5.70. The van der Waals surface area contributed by atoms with Crippen LogP contribution in [-0.4, -0.2) is 28.9 Å². The third-order valence-electron chi connectivity index (χ3n) is 3.67. The molecule has 0 atom stereocenters. The molecule has 0 aromatic heterocycles. The van der Waals surface area contributed by atoms with Crippen LogP contribution in [0.4, 0.5) is 0 Å². The van der Waals surface area contributed by atoms with Crippen LogP contribution < -0.4 is 14.3 Å². The first-order chi connectivity index (χ1) is 11.8. The summed E-state index contributed by atoms with van der Waals surface area (Å²) in [6, 6.07) is 8.85. The fraction of sp³-hybridized carbons (Fsp3) is 0.278. The van der Waals surface area contributed by atoms with E-state index < -0.39 is 10.0 Å². The van der Waals surface area contributed by atoms with Crippen molar-refractivity contribution in [2.75, 3.05) is 14.2 Å². The number of methoxy groups -OCH3 is 2. The SMILES string of the molecule is COc1ccc(/C=N/NS(=O)(=O)c2c(C)cc(C)cc2C)cc1OC. The van der Waals surface area contributed by atoms with Gasteiger partial charge in [-0.2, -0.15) is 13.5 Å². The molecule has 2 rings (SSSR count). The summed E-state index contributed by atoms with van der Waals surface area (Å²) in [6.07, 6.45) is 1.42. The van der Waals surface area contributed by atoms with Gasteiger partial charge in [-0.25, -0.2) is 4.83 Å². The molecule has 0 aliphatic carbocycles. The first kappa shape index (κ1) is 18.8. The van der Waals surface area contributed by atoms with Crippen molar-refractivity contribution in [1.29, 1.82) is 0 Å². The predicted molar refractivity (Wildman–Crippen MR) is 98.1 cm³/mol. The van der Waals surface area contributed by atoms with Crippen LogP contribution in [0.3, 0.4) is 0 Å². The summed E-state index contributed by atoms with van der Waals surface area (Å²) in [6.45, 7) is 5.47. The van der Waals surface area contributed by atoms with Crippen LogP contribution in [0.2, 0.25) is 0 Å². The molecule has 1 N–H and O–H groups in total. The molecular weight excluding hydrogens is 340 g/mol. The molecule has 0 bridgehead atoms. The van der Waals surface area contributed by atoms with Gasteiger partial charge in [0.2, 0.25) is 0 Å². The Labute approximate surface area is 148 Å². The van der Waals surface area contributed by atoms with Crippen molar-refractivity contribution >= 4 is 16.2 Å². The van der Waals surface area contributed by atoms with E-state index in [1.54, 1.807) is 39.2 Å². The number of nitrogens with zero attached hydrogens (tertiary/aromatic N) is 1. The van der Waals surface area contributed by atoms with Gasteiger partial charge in [-0.3, -0.25) is 0 Å². The molecule has 0 heterocycles. The van der Waals surface area contributed by atoms with Gasteiger partial charge in [0.25, 0.3) is 10.0 Å². The molecule has 0 saturated carbocycles. The fourth-order valence-electron chi connectivity index (χ4n) is 2.74. The zero-order chi connectivity index (χ0) is 18.6. The van der Waals surface area contributed by atoms with Crippen molar-refractivity contribution < 1.29 is 17.9 Å². The number of hydrogen-bond acceptors (Lipinski definition) is 5. The van der Waals surface area contributed by atoms with Gasteiger partial charge in [0.15, 0.2) is 11.5 Å². The van der Waals surface area contributed by atoms with Crippen LogP contribution in [0, 0.1) is 20.8 Å². The van der Waals surface area contributed by atoms with Crippen molar-refractivity contribution in [1.82, 2.24) is 4.83 Å². The van der Waals surface area contributed by atoms with Crippen LogP contribution in [0.1, 0.15) is 22.3 Å². The van der Waals surface area contributed by atoms with Crippen molar-refractivity contribution in [2.45, 2.75) is 25.7 Å². The Bertz CT molecular complexity index is 882. The average Bonchev–Trinajstić information content (AvgIpc) is 2.53. The Morgan fingerprint density at radius 1 is 0.960 bits per heavy atom. The van der Waals surface area contributed by atoms with Crippen molar-refractivity contribution in [3.8, 4) is 11.5 Å². The molecule has 0 fully saturated rings. The number of ether oxygens (including phenoxy) is 2. The normalized spacial score (nSPS) is 11.6. The Kier molecular flexibility index (Phi) is 5.69. The maximum Gasteiger partial charge on any atom is 0.277 e. The van der Waals surface area contributed by atoms with E-state index >= 15 is 0 Å². The zero-order valence-corrected chi connectivity index (χ0v) is 15.8. The van der Waals surface area contributed by atoms with E-state index in [9.17, 15) is 8.42 Å². The number of rotatable bonds is 6. The number of aryl methyl sites for hydroxylation is 3. The Hall–Kier alpha value is -2.54. The van der Waals surface area contributed by atoms with Crippen molar-refractivity contribution in [3.05, 3.63) is 52.6 Å². The van der Waals surface area contributed by atoms with Gasteiger partial charge < -0.3 is 9.47 Å². The Morgan fingerprint density at radius 3 is 2.12 bits per heavy atom. The third-order valence-corrected chi connectivity index (χ3v) is 5.19. The minimum absolute atomic E-state index is 0.252. The summed E-state index contributed by atoms with van der Waals surface area (Å²) in [5.74, 6) is 1.13. The van der Waals surface area contributed by atoms with Gasteiger partial charge in [-0.1, -0.05) is 17.7 Å². The van der Waals surface area contributed by atoms with Gasteiger partial charge >= 0.3 is 0 Å². The molecule has 0 aliphatic rings. The van der Waals surface area contributed by atoms with E-state index in [4.69, 9.17) is 9.47 Å². The maximum absolute atomic E-state index is 12.5. The van der Waals surface area contributed by atoms with Crippen LogP contribution in [-0.2, 0) is 10.0 Å². The van der Waals surface area contributed by atoms with Gasteiger partial charge in [0.1, 0.15) is 0 Å². The standard InChI is InChI=1S/C18H22N2O4S/c1-12-8-13(2)18(14(3)9-12)25(21,22)20-19-11-15-6-7-16(23-4)17(10-15)24-5/h6-11,20H,1-5H3/b19-11+. The lowest BCUT2D eigenvalue weighted by atomic mass is 10.1. The molecular formula is C18H22N2O4S. The molecule has 2 aromatic carbocycles. The van der Waals surface area contributed by atoms with E-state index in [0.29, 0.717) is 28.2 Å². The van der Waals surface area contributed by atoms with Crippen molar-refractivity contribution in [3.63, 3.8) is 0 Å². The summed E-state index contributed by atoms with van der Waals surface area (Å²) in [5, 5.41) is 3.87. The highest BCUT2D eigenvalue weighted by Gasteiger charge is 2.19. The molecule has 0 spiro atoms. The summed E-state index contributed by atoms with van der Waals surface area (Å²) >= 11 is 0. The molecule has 7 heteroatoms. The van der Waals surface area contributed by atoms with E-state index in [0.717, 1.165) is 5.56 Å². The lowest BCUT2D eigenvalue weighted by Crippen LogP contribution is -2.20. The van der Waals surface area contributed by atoms with E-state index in [2.05, 4.69) is 9.93 Å². The molecule has 0 radical (unpaired) electrons. The molecule has 25 heavy (non-hydrogen) atoms. The molecule has 0 aliphatic heterocycles. The Balaban J connectivity index is 2.24. The van der Waals surface area contributed by atoms with E-state index in [1.807, 2.05) is 19.1 Å². The third kappa shape index (κ3) is 4.30. The maximum atomic E-state index is 12.5. The number of sulfonamides is 1. The summed E-state index contributed by atoms with van der Waals surface area (Å²) in [7, 11) is -0.661. The predicted octanol–water partition coefficient (Wildman–Crippen LogP) is 2.94. The number of hydrogen-bond donors (Lipinski definition) is 1. The smallest absolute Gasteiger partial charge is 0.277 e. The summed E-state index contributed by atoms with van der Waals surface area (Å²) in [4.78, 5) is 2.51. The molecule has 0 saturated heterocycles. The largest absolute Gasteiger partial charge is 0.493 e. The highest BCUT2D eigenvalue weighted by molar-refractivity contribution is 7.89. The minimum Gasteiger partial charge on any atom is -0.493 e.